The van der Waals surface area contributed by atoms with E-state index in [2.05, 4.69) is 6.08 Å². The number of carbonyl (C=O) groups excluding carboxylic acids is 1. The average molecular weight is 376 g/mol. The molecule has 1 aromatic heterocycles. The van der Waals surface area contributed by atoms with Crippen molar-refractivity contribution in [3.8, 4) is 5.75 Å². The Balaban J connectivity index is 1.78. The van der Waals surface area contributed by atoms with Gasteiger partial charge in [-0.3, -0.25) is 4.79 Å². The summed E-state index contributed by atoms with van der Waals surface area (Å²) in [6.07, 6.45) is 6.33. The van der Waals surface area contributed by atoms with Crippen molar-refractivity contribution in [3.63, 3.8) is 0 Å². The average Bonchev–Trinajstić information content (AvgIpc) is 2.62. The number of hydrogen-bond donors (Lipinski definition) is 0. The first-order valence-corrected chi connectivity index (χ1v) is 9.23. The normalized spacial score (nSPS) is 14.2. The number of nitrogens with zero attached hydrogens (tertiary/aromatic N) is 1. The Morgan fingerprint density at radius 1 is 1.31 bits per heavy atom. The molecular formula is C20H22ClNO4. The molecular weight excluding hydrogens is 354 g/mol. The van der Waals surface area contributed by atoms with Crippen molar-refractivity contribution < 1.29 is 13.9 Å². The Morgan fingerprint density at radius 2 is 2.12 bits per heavy atom. The molecule has 3 rings (SSSR count). The number of aryl methyl sites for hydroxylation is 1. The van der Waals surface area contributed by atoms with E-state index in [9.17, 15) is 9.59 Å². The lowest BCUT2D eigenvalue weighted by molar-refractivity contribution is -0.131. The predicted octanol–water partition coefficient (Wildman–Crippen LogP) is 4.44. The molecule has 0 fully saturated rings. The quantitative estimate of drug-likeness (QED) is 0.725. The number of benzene rings is 1. The maximum absolute atomic E-state index is 12.6. The van der Waals surface area contributed by atoms with Gasteiger partial charge in [0.25, 0.3) is 5.91 Å². The Bertz CT molecular complexity index is 916. The maximum atomic E-state index is 12.6. The van der Waals surface area contributed by atoms with E-state index >= 15 is 0 Å². The number of ether oxygens (including phenoxy) is 1. The fourth-order valence-corrected chi connectivity index (χ4v) is 3.47. The number of allylic oxidation sites excluding steroid dienone is 2. The Hall–Kier alpha value is -2.27. The molecule has 138 valence electrons. The summed E-state index contributed by atoms with van der Waals surface area (Å²) in [5.41, 5.74) is 1.81. The van der Waals surface area contributed by atoms with Gasteiger partial charge >= 0.3 is 5.63 Å². The van der Waals surface area contributed by atoms with Crippen molar-refractivity contribution in [2.24, 2.45) is 0 Å². The summed E-state index contributed by atoms with van der Waals surface area (Å²) in [6.45, 7) is 4.25. The van der Waals surface area contributed by atoms with Crippen LogP contribution in [-0.4, -0.2) is 24.0 Å². The summed E-state index contributed by atoms with van der Waals surface area (Å²) in [7, 11) is 0. The van der Waals surface area contributed by atoms with Crippen molar-refractivity contribution in [3.05, 3.63) is 51.0 Å². The van der Waals surface area contributed by atoms with Gasteiger partial charge in [-0.1, -0.05) is 17.7 Å². The van der Waals surface area contributed by atoms with Crippen LogP contribution in [0.5, 0.6) is 5.75 Å². The molecule has 1 amide bonds. The van der Waals surface area contributed by atoms with Gasteiger partial charge in [-0.05, 0) is 51.2 Å². The van der Waals surface area contributed by atoms with E-state index in [1.807, 2.05) is 13.8 Å². The molecule has 6 heteroatoms. The van der Waals surface area contributed by atoms with Gasteiger partial charge in [-0.2, -0.15) is 0 Å². The van der Waals surface area contributed by atoms with Crippen molar-refractivity contribution in [2.75, 3.05) is 13.2 Å². The van der Waals surface area contributed by atoms with Crippen molar-refractivity contribution in [1.29, 1.82) is 0 Å². The van der Waals surface area contributed by atoms with Gasteiger partial charge in [0.15, 0.2) is 6.61 Å². The van der Waals surface area contributed by atoms with Crippen LogP contribution in [0.4, 0.5) is 0 Å². The van der Waals surface area contributed by atoms with Crippen LogP contribution in [0.2, 0.25) is 5.02 Å². The maximum Gasteiger partial charge on any atom is 0.336 e. The van der Waals surface area contributed by atoms with Gasteiger partial charge in [0.1, 0.15) is 11.3 Å². The number of likely N-dealkylation sites (N-methyl/N-ethyl adjacent to an activating group) is 1. The van der Waals surface area contributed by atoms with Crippen LogP contribution in [0.1, 0.15) is 38.2 Å². The lowest BCUT2D eigenvalue weighted by Gasteiger charge is -2.26. The first-order valence-electron chi connectivity index (χ1n) is 8.85. The van der Waals surface area contributed by atoms with Crippen molar-refractivity contribution in [2.45, 2.75) is 39.5 Å². The molecule has 1 aliphatic carbocycles. The second-order valence-electron chi connectivity index (χ2n) is 6.40. The molecule has 2 aromatic rings. The van der Waals surface area contributed by atoms with Crippen LogP contribution in [0.15, 0.2) is 39.2 Å². The molecule has 5 nitrogen and oxygen atoms in total. The summed E-state index contributed by atoms with van der Waals surface area (Å²) < 4.78 is 10.9. The molecule has 0 radical (unpaired) electrons. The Labute approximate surface area is 157 Å². The fourth-order valence-electron chi connectivity index (χ4n) is 3.25. The van der Waals surface area contributed by atoms with E-state index in [0.717, 1.165) is 35.9 Å². The summed E-state index contributed by atoms with van der Waals surface area (Å²) in [4.78, 5) is 25.9. The summed E-state index contributed by atoms with van der Waals surface area (Å²) in [6, 6.07) is 4.67. The molecule has 1 heterocycles. The SMILES string of the molecule is CCN(C(=O)COc1cc2oc(=O)cc(C)c2cc1Cl)C1=CCCCC1. The number of rotatable bonds is 5. The van der Waals surface area contributed by atoms with Crippen LogP contribution in [-0.2, 0) is 4.79 Å². The van der Waals surface area contributed by atoms with Gasteiger partial charge in [-0.25, -0.2) is 4.79 Å². The number of carbonyl (C=O) groups is 1. The zero-order chi connectivity index (χ0) is 18.7. The van der Waals surface area contributed by atoms with E-state index in [4.69, 9.17) is 20.8 Å². The molecule has 1 aliphatic rings. The van der Waals surface area contributed by atoms with Crippen LogP contribution in [0, 0.1) is 6.92 Å². The molecule has 0 aliphatic heterocycles. The summed E-state index contributed by atoms with van der Waals surface area (Å²) in [5, 5.41) is 1.12. The zero-order valence-electron chi connectivity index (χ0n) is 15.0. The highest BCUT2D eigenvalue weighted by atomic mass is 35.5. The third-order valence-electron chi connectivity index (χ3n) is 4.59. The minimum absolute atomic E-state index is 0.109. The largest absolute Gasteiger partial charge is 0.482 e. The highest BCUT2D eigenvalue weighted by Crippen LogP contribution is 2.31. The van der Waals surface area contributed by atoms with Crippen molar-refractivity contribution >= 4 is 28.5 Å². The van der Waals surface area contributed by atoms with Crippen LogP contribution in [0.3, 0.4) is 0 Å². The second kappa shape index (κ2) is 7.96. The van der Waals surface area contributed by atoms with Gasteiger partial charge in [0, 0.05) is 29.8 Å². The number of fused-ring (bicyclic) bond motifs is 1. The zero-order valence-corrected chi connectivity index (χ0v) is 15.8. The molecule has 0 saturated carbocycles. The van der Waals surface area contributed by atoms with Crippen molar-refractivity contribution in [1.82, 2.24) is 4.90 Å². The second-order valence-corrected chi connectivity index (χ2v) is 6.80. The Kier molecular flexibility index (Phi) is 5.67. The summed E-state index contributed by atoms with van der Waals surface area (Å²) in [5.74, 6) is 0.220. The standard InChI is InChI=1S/C20H22ClNO4/c1-3-22(14-7-5-4-6-8-14)19(23)12-25-18-11-17-15(10-16(18)21)13(2)9-20(24)26-17/h7,9-11H,3-6,8,12H2,1-2H3. The molecule has 0 bridgehead atoms. The molecule has 0 saturated heterocycles. The topological polar surface area (TPSA) is 59.8 Å². The minimum atomic E-state index is -0.430. The minimum Gasteiger partial charge on any atom is -0.482 e. The van der Waals surface area contributed by atoms with E-state index < -0.39 is 5.63 Å². The molecule has 0 spiro atoms. The van der Waals surface area contributed by atoms with Gasteiger partial charge in [0.05, 0.1) is 5.02 Å². The van der Waals surface area contributed by atoms with E-state index in [1.54, 1.807) is 17.0 Å². The molecule has 1 aromatic carbocycles. The highest BCUT2D eigenvalue weighted by molar-refractivity contribution is 6.32. The number of hydrogen-bond acceptors (Lipinski definition) is 4. The fraction of sp³-hybridized carbons (Fsp3) is 0.400. The lowest BCUT2D eigenvalue weighted by atomic mass is 10.0. The molecule has 0 unspecified atom stereocenters. The first kappa shape index (κ1) is 18.5. The van der Waals surface area contributed by atoms with Gasteiger partial charge < -0.3 is 14.1 Å². The molecule has 26 heavy (non-hydrogen) atoms. The van der Waals surface area contributed by atoms with E-state index in [0.29, 0.717) is 22.9 Å². The van der Waals surface area contributed by atoms with Crippen LogP contribution < -0.4 is 10.4 Å². The first-order chi connectivity index (χ1) is 12.5. The van der Waals surface area contributed by atoms with Crippen LogP contribution >= 0.6 is 11.6 Å². The third-order valence-corrected chi connectivity index (χ3v) is 4.88. The third kappa shape index (κ3) is 3.93. The lowest BCUT2D eigenvalue weighted by Crippen LogP contribution is -2.34. The molecule has 0 N–H and O–H groups in total. The molecule has 0 atom stereocenters. The van der Waals surface area contributed by atoms with Gasteiger partial charge in [-0.15, -0.1) is 0 Å². The Morgan fingerprint density at radius 3 is 2.81 bits per heavy atom. The monoisotopic (exact) mass is 375 g/mol. The highest BCUT2D eigenvalue weighted by Gasteiger charge is 2.19. The smallest absolute Gasteiger partial charge is 0.336 e. The van der Waals surface area contributed by atoms with E-state index in [-0.39, 0.29) is 12.5 Å². The summed E-state index contributed by atoms with van der Waals surface area (Å²) >= 11 is 6.28. The van der Waals surface area contributed by atoms with Crippen LogP contribution in [0.25, 0.3) is 11.0 Å². The van der Waals surface area contributed by atoms with E-state index in [1.165, 1.54) is 12.5 Å². The predicted molar refractivity (Wildman–Crippen MR) is 102 cm³/mol. The number of amides is 1. The number of halogens is 1. The van der Waals surface area contributed by atoms with Gasteiger partial charge in [0.2, 0.25) is 0 Å².